The number of hydrogen-bond donors (Lipinski definition) is 1. The molecule has 116 valence electrons. The Labute approximate surface area is 131 Å². The number of amides is 1. The summed E-state index contributed by atoms with van der Waals surface area (Å²) in [5.41, 5.74) is 1.06. The van der Waals surface area contributed by atoms with Crippen LogP contribution in [0.2, 0.25) is 5.02 Å². The highest BCUT2D eigenvalue weighted by molar-refractivity contribution is 6.30. The zero-order valence-corrected chi connectivity index (χ0v) is 13.4. The molecule has 1 aromatic carbocycles. The van der Waals surface area contributed by atoms with E-state index in [0.717, 1.165) is 43.8 Å². The summed E-state index contributed by atoms with van der Waals surface area (Å²) < 4.78 is 5.37. The van der Waals surface area contributed by atoms with Gasteiger partial charge < -0.3 is 15.0 Å². The van der Waals surface area contributed by atoms with Crippen LogP contribution in [0.3, 0.4) is 0 Å². The Kier molecular flexibility index (Phi) is 5.88. The molecule has 21 heavy (non-hydrogen) atoms. The van der Waals surface area contributed by atoms with Gasteiger partial charge in [0.05, 0.1) is 7.11 Å². The number of nitrogens with zero attached hydrogens (tertiary/aromatic N) is 1. The van der Waals surface area contributed by atoms with E-state index in [-0.39, 0.29) is 6.04 Å². The predicted molar refractivity (Wildman–Crippen MR) is 84.9 cm³/mol. The maximum absolute atomic E-state index is 11.5. The Morgan fingerprint density at radius 1 is 1.48 bits per heavy atom. The normalized spacial score (nSPS) is 16.3. The van der Waals surface area contributed by atoms with Crippen molar-refractivity contribution in [3.63, 3.8) is 0 Å². The SMILES string of the molecule is COc1ccc(Cl)cc1C(C)NCCCN1CCCC1=O. The zero-order chi connectivity index (χ0) is 15.2. The molecule has 1 atom stereocenters. The van der Waals surface area contributed by atoms with E-state index in [1.807, 2.05) is 23.1 Å². The Balaban J connectivity index is 1.80. The lowest BCUT2D eigenvalue weighted by Crippen LogP contribution is -2.29. The summed E-state index contributed by atoms with van der Waals surface area (Å²) in [6.07, 6.45) is 2.67. The highest BCUT2D eigenvalue weighted by atomic mass is 35.5. The molecule has 1 amide bonds. The van der Waals surface area contributed by atoms with Gasteiger partial charge in [-0.05, 0) is 44.5 Å². The molecule has 1 aromatic rings. The summed E-state index contributed by atoms with van der Waals surface area (Å²) in [4.78, 5) is 13.5. The van der Waals surface area contributed by atoms with Crippen LogP contribution in [0.1, 0.15) is 37.8 Å². The molecule has 0 radical (unpaired) electrons. The minimum atomic E-state index is 0.160. The number of nitrogens with one attached hydrogen (secondary N) is 1. The monoisotopic (exact) mass is 310 g/mol. The van der Waals surface area contributed by atoms with Gasteiger partial charge in [0.2, 0.25) is 5.91 Å². The van der Waals surface area contributed by atoms with Crippen molar-refractivity contribution < 1.29 is 9.53 Å². The fraction of sp³-hybridized carbons (Fsp3) is 0.562. The third-order valence-corrected chi connectivity index (χ3v) is 4.12. The Hall–Kier alpha value is -1.26. The van der Waals surface area contributed by atoms with Gasteiger partial charge in [-0.3, -0.25) is 4.79 Å². The van der Waals surface area contributed by atoms with Crippen LogP contribution in [0.25, 0.3) is 0 Å². The first-order chi connectivity index (χ1) is 10.1. The fourth-order valence-corrected chi connectivity index (χ4v) is 2.86. The van der Waals surface area contributed by atoms with Crippen LogP contribution < -0.4 is 10.1 Å². The lowest BCUT2D eigenvalue weighted by molar-refractivity contribution is -0.127. The van der Waals surface area contributed by atoms with Gasteiger partial charge in [-0.2, -0.15) is 0 Å². The molecule has 1 aliphatic heterocycles. The van der Waals surface area contributed by atoms with Gasteiger partial charge in [0.1, 0.15) is 5.75 Å². The molecule has 1 heterocycles. The first-order valence-electron chi connectivity index (χ1n) is 7.46. The second-order valence-corrected chi connectivity index (χ2v) is 5.84. The molecule has 1 aliphatic rings. The van der Waals surface area contributed by atoms with Crippen molar-refractivity contribution in [2.45, 2.75) is 32.2 Å². The number of rotatable bonds is 7. The van der Waals surface area contributed by atoms with E-state index in [1.54, 1.807) is 7.11 Å². The molecular weight excluding hydrogens is 288 g/mol. The van der Waals surface area contributed by atoms with Gasteiger partial charge in [0.15, 0.2) is 0 Å². The molecule has 1 fully saturated rings. The number of hydrogen-bond acceptors (Lipinski definition) is 3. The average Bonchev–Trinajstić information content (AvgIpc) is 2.88. The van der Waals surface area contributed by atoms with Gasteiger partial charge in [-0.1, -0.05) is 11.6 Å². The van der Waals surface area contributed by atoms with Crippen molar-refractivity contribution in [2.24, 2.45) is 0 Å². The molecule has 0 spiro atoms. The molecule has 0 aromatic heterocycles. The van der Waals surface area contributed by atoms with E-state index in [4.69, 9.17) is 16.3 Å². The van der Waals surface area contributed by atoms with Crippen molar-refractivity contribution in [1.82, 2.24) is 10.2 Å². The largest absolute Gasteiger partial charge is 0.496 e. The first kappa shape index (κ1) is 16.1. The quantitative estimate of drug-likeness (QED) is 0.787. The zero-order valence-electron chi connectivity index (χ0n) is 12.7. The van der Waals surface area contributed by atoms with E-state index in [0.29, 0.717) is 17.4 Å². The molecule has 0 saturated carbocycles. The maximum Gasteiger partial charge on any atom is 0.222 e. The molecule has 2 rings (SSSR count). The van der Waals surface area contributed by atoms with Crippen molar-refractivity contribution in [3.05, 3.63) is 28.8 Å². The van der Waals surface area contributed by atoms with Crippen molar-refractivity contribution >= 4 is 17.5 Å². The molecule has 1 unspecified atom stereocenters. The summed E-state index contributed by atoms with van der Waals surface area (Å²) in [7, 11) is 1.67. The number of methoxy groups -OCH3 is 1. The van der Waals surface area contributed by atoms with Crippen molar-refractivity contribution in [2.75, 3.05) is 26.7 Å². The van der Waals surface area contributed by atoms with Gasteiger partial charge >= 0.3 is 0 Å². The highest BCUT2D eigenvalue weighted by Crippen LogP contribution is 2.28. The van der Waals surface area contributed by atoms with Gasteiger partial charge in [-0.15, -0.1) is 0 Å². The van der Waals surface area contributed by atoms with Gasteiger partial charge in [-0.25, -0.2) is 0 Å². The summed E-state index contributed by atoms with van der Waals surface area (Å²) in [5.74, 6) is 1.13. The highest BCUT2D eigenvalue weighted by Gasteiger charge is 2.19. The predicted octanol–water partition coefficient (Wildman–Crippen LogP) is 3.01. The third-order valence-electron chi connectivity index (χ3n) is 3.88. The smallest absolute Gasteiger partial charge is 0.222 e. The number of carbonyl (C=O) groups excluding carboxylic acids is 1. The van der Waals surface area contributed by atoms with Crippen LogP contribution in [0, 0.1) is 0 Å². The van der Waals surface area contributed by atoms with E-state index >= 15 is 0 Å². The molecule has 4 nitrogen and oxygen atoms in total. The lowest BCUT2D eigenvalue weighted by atomic mass is 10.1. The number of likely N-dealkylation sites (tertiary alicyclic amines) is 1. The number of ether oxygens (including phenoxy) is 1. The van der Waals surface area contributed by atoms with Crippen LogP contribution in [0.4, 0.5) is 0 Å². The van der Waals surface area contributed by atoms with E-state index < -0.39 is 0 Å². The summed E-state index contributed by atoms with van der Waals surface area (Å²) >= 11 is 6.05. The number of halogens is 1. The fourth-order valence-electron chi connectivity index (χ4n) is 2.68. The van der Waals surface area contributed by atoms with E-state index in [9.17, 15) is 4.79 Å². The van der Waals surface area contributed by atoms with Gasteiger partial charge in [0.25, 0.3) is 0 Å². The molecule has 5 heteroatoms. The maximum atomic E-state index is 11.5. The third kappa shape index (κ3) is 4.35. The summed E-state index contributed by atoms with van der Waals surface area (Å²) in [5, 5.41) is 4.17. The van der Waals surface area contributed by atoms with E-state index in [2.05, 4.69) is 12.2 Å². The Morgan fingerprint density at radius 3 is 2.95 bits per heavy atom. The second-order valence-electron chi connectivity index (χ2n) is 5.40. The minimum Gasteiger partial charge on any atom is -0.496 e. The van der Waals surface area contributed by atoms with Crippen molar-refractivity contribution in [3.8, 4) is 5.75 Å². The van der Waals surface area contributed by atoms with Crippen LogP contribution in [-0.4, -0.2) is 37.6 Å². The molecule has 1 saturated heterocycles. The summed E-state index contributed by atoms with van der Waals surface area (Å²) in [6.45, 7) is 4.71. The van der Waals surface area contributed by atoms with Crippen LogP contribution in [0.5, 0.6) is 5.75 Å². The van der Waals surface area contributed by atoms with Gasteiger partial charge in [0, 0.05) is 36.1 Å². The van der Waals surface area contributed by atoms with Crippen LogP contribution >= 0.6 is 11.6 Å². The number of benzene rings is 1. The van der Waals surface area contributed by atoms with E-state index in [1.165, 1.54) is 0 Å². The Bertz CT molecular complexity index is 493. The van der Waals surface area contributed by atoms with Crippen molar-refractivity contribution in [1.29, 1.82) is 0 Å². The standard InChI is InChI=1S/C16H23ClN2O2/c1-12(14-11-13(17)6-7-15(14)21-2)18-8-4-10-19-9-3-5-16(19)20/h6-7,11-12,18H,3-5,8-10H2,1-2H3. The second kappa shape index (κ2) is 7.66. The first-order valence-corrected chi connectivity index (χ1v) is 7.84. The molecule has 1 N–H and O–H groups in total. The molecule has 0 aliphatic carbocycles. The number of carbonyl (C=O) groups is 1. The molecule has 0 bridgehead atoms. The Morgan fingerprint density at radius 2 is 2.29 bits per heavy atom. The lowest BCUT2D eigenvalue weighted by Gasteiger charge is -2.19. The minimum absolute atomic E-state index is 0.160. The summed E-state index contributed by atoms with van der Waals surface area (Å²) in [6, 6.07) is 5.81. The van der Waals surface area contributed by atoms with Crippen LogP contribution in [-0.2, 0) is 4.79 Å². The van der Waals surface area contributed by atoms with Crippen LogP contribution in [0.15, 0.2) is 18.2 Å². The average molecular weight is 311 g/mol. The topological polar surface area (TPSA) is 41.6 Å². The molecular formula is C16H23ClN2O2.